The molecule has 0 radical (unpaired) electrons. The van der Waals surface area contributed by atoms with E-state index in [0.717, 1.165) is 16.7 Å². The Morgan fingerprint density at radius 3 is 1.21 bits per heavy atom. The summed E-state index contributed by atoms with van der Waals surface area (Å²) in [5.74, 6) is 0. The van der Waals surface area contributed by atoms with Gasteiger partial charge >= 0.3 is 0 Å². The fraction of sp³-hybridized carbons (Fsp3) is 0.878. The highest BCUT2D eigenvalue weighted by Gasteiger charge is 2.55. The molecule has 446 valence electrons. The van der Waals surface area contributed by atoms with Crippen LogP contribution in [0.15, 0.2) is 34.9 Å². The summed E-state index contributed by atoms with van der Waals surface area (Å²) in [6, 6.07) is 0. The second-order valence-electron chi connectivity index (χ2n) is 20.6. The second kappa shape index (κ2) is 29.4. The van der Waals surface area contributed by atoms with Gasteiger partial charge in [-0.25, -0.2) is 0 Å². The van der Waals surface area contributed by atoms with E-state index in [9.17, 15) is 81.7 Å². The van der Waals surface area contributed by atoms with Gasteiger partial charge in [0, 0.05) is 0 Å². The van der Waals surface area contributed by atoms with Gasteiger partial charge in [0.15, 0.2) is 37.7 Å². The number of rotatable bonds is 22. The average Bonchev–Trinajstić information content (AvgIpc) is 3.41. The van der Waals surface area contributed by atoms with Gasteiger partial charge in [0.1, 0.15) is 122 Å². The van der Waals surface area contributed by atoms with Gasteiger partial charge in [0.05, 0.1) is 51.8 Å². The Hall–Kier alpha value is -1.90. The van der Waals surface area contributed by atoms with Crippen LogP contribution in [0.4, 0.5) is 0 Å². The molecule has 0 unspecified atom stereocenters. The molecule has 28 atom stereocenters. The summed E-state index contributed by atoms with van der Waals surface area (Å²) < 4.78 is 70.0. The normalized spacial score (nSPS) is 46.8. The number of ether oxygens (including phenoxy) is 12. The molecule has 6 fully saturated rings. The highest BCUT2D eigenvalue weighted by atomic mass is 16.8. The van der Waals surface area contributed by atoms with Crippen molar-refractivity contribution >= 4 is 0 Å². The number of allylic oxidation sites excluding steroid dienone is 4. The summed E-state index contributed by atoms with van der Waals surface area (Å²) in [5, 5.41) is 168. The van der Waals surface area contributed by atoms with Gasteiger partial charge in [-0.05, 0) is 60.3 Å². The first-order valence-electron chi connectivity index (χ1n) is 25.9. The Morgan fingerprint density at radius 1 is 0.403 bits per heavy atom. The maximum atomic E-state index is 11.3. The molecule has 6 saturated heterocycles. The molecule has 0 saturated carbocycles. The topological polar surface area (TPSA) is 434 Å². The van der Waals surface area contributed by atoms with Crippen LogP contribution in [-0.2, 0) is 56.8 Å². The molecule has 0 aromatic heterocycles. The lowest BCUT2D eigenvalue weighted by Crippen LogP contribution is -2.66. The van der Waals surface area contributed by atoms with E-state index in [1.165, 1.54) is 13.8 Å². The molecule has 6 rings (SSSR count). The number of hydrogen-bond donors (Lipinski definition) is 16. The van der Waals surface area contributed by atoms with Crippen LogP contribution in [0.5, 0.6) is 0 Å². The minimum atomic E-state index is -1.80. The average molecular weight is 1120 g/mol. The zero-order valence-corrected chi connectivity index (χ0v) is 43.5. The number of hydrogen-bond acceptors (Lipinski definition) is 28. The van der Waals surface area contributed by atoms with Crippen molar-refractivity contribution in [2.24, 2.45) is 0 Å². The van der Waals surface area contributed by atoms with Crippen LogP contribution in [0, 0.1) is 0 Å². The van der Waals surface area contributed by atoms with E-state index in [-0.39, 0.29) is 13.2 Å². The first-order valence-corrected chi connectivity index (χ1v) is 25.9. The van der Waals surface area contributed by atoms with Crippen molar-refractivity contribution in [3.8, 4) is 0 Å². The van der Waals surface area contributed by atoms with E-state index in [1.54, 1.807) is 13.0 Å². The van der Waals surface area contributed by atoms with Crippen molar-refractivity contribution in [2.45, 2.75) is 232 Å². The van der Waals surface area contributed by atoms with Crippen molar-refractivity contribution in [3.63, 3.8) is 0 Å². The minimum absolute atomic E-state index is 0.0801. The maximum absolute atomic E-state index is 11.3. The Bertz CT molecular complexity index is 1880. The zero-order valence-electron chi connectivity index (χ0n) is 43.5. The van der Waals surface area contributed by atoms with E-state index in [4.69, 9.17) is 56.8 Å². The molecule has 6 aliphatic rings. The van der Waals surface area contributed by atoms with Crippen LogP contribution in [0.3, 0.4) is 0 Å². The standard InChI is InChI=1S/C49H82O28/c1-19(9-7-11-21(3)16-67-49-43(77-47-39(65)35(61)29(55)23(5)71-47)41(33(59)27(15-51)73-49)75-45-37(63)31(57)25(53)18-69-45)8-6-10-20(2)12-13-66-48-42(76-46-38(64)34(60)28(54)22(4)70-46)40(32(58)26(14-50)72-48)74-44-36(62)30(56)24(52)17-68-44/h8,11-12,22-65H,6-7,9-10,13-18H2,1-5H3/b19-8+,20-12+,21-11+/t22-,23-,24-,25-,26+,27+,28-,29-,30-,31-,32+,33+,34+,35+,36+,37+,38+,39+,40-,41-,42+,43+,44-,45-,46-,47-,48+,49+/m0/s1. The molecule has 0 aliphatic carbocycles. The van der Waals surface area contributed by atoms with Gasteiger partial charge in [-0.15, -0.1) is 0 Å². The molecule has 28 nitrogen and oxygen atoms in total. The first-order chi connectivity index (χ1) is 36.5. The van der Waals surface area contributed by atoms with Gasteiger partial charge in [-0.2, -0.15) is 0 Å². The van der Waals surface area contributed by atoms with Crippen LogP contribution in [-0.4, -0.2) is 293 Å². The smallest absolute Gasteiger partial charge is 0.187 e. The van der Waals surface area contributed by atoms with Gasteiger partial charge in [-0.3, -0.25) is 0 Å². The van der Waals surface area contributed by atoms with Crippen molar-refractivity contribution < 1.29 is 139 Å². The van der Waals surface area contributed by atoms with Crippen LogP contribution in [0.2, 0.25) is 0 Å². The highest BCUT2D eigenvalue weighted by molar-refractivity contribution is 5.07. The zero-order chi connectivity index (χ0) is 56.6. The molecule has 0 amide bonds. The number of aliphatic hydroxyl groups is 16. The first kappa shape index (κ1) is 64.3. The highest BCUT2D eigenvalue weighted by Crippen LogP contribution is 2.36. The molecule has 77 heavy (non-hydrogen) atoms. The second-order valence-corrected chi connectivity index (χ2v) is 20.6. The van der Waals surface area contributed by atoms with Crippen LogP contribution >= 0.6 is 0 Å². The largest absolute Gasteiger partial charge is 0.394 e. The summed E-state index contributed by atoms with van der Waals surface area (Å²) in [5.41, 5.74) is 2.68. The summed E-state index contributed by atoms with van der Waals surface area (Å²) >= 11 is 0. The van der Waals surface area contributed by atoms with Gasteiger partial charge in [-0.1, -0.05) is 34.9 Å². The summed E-state index contributed by atoms with van der Waals surface area (Å²) in [6.07, 6.45) is -35.2. The third kappa shape index (κ3) is 16.0. The van der Waals surface area contributed by atoms with Crippen molar-refractivity contribution in [2.75, 3.05) is 39.6 Å². The Morgan fingerprint density at radius 2 is 0.779 bits per heavy atom. The van der Waals surface area contributed by atoms with Gasteiger partial charge < -0.3 is 139 Å². The van der Waals surface area contributed by atoms with Crippen molar-refractivity contribution in [1.82, 2.24) is 0 Å². The maximum Gasteiger partial charge on any atom is 0.187 e. The van der Waals surface area contributed by atoms with Gasteiger partial charge in [0.2, 0.25) is 0 Å². The third-order valence-corrected chi connectivity index (χ3v) is 14.5. The van der Waals surface area contributed by atoms with E-state index in [0.29, 0.717) is 25.7 Å². The SMILES string of the molecule is C/C(=C\CC/C(C)=C/CO[C@@H]1O[C@H](CO)[C@@H](O)[C@H](O[C@@H]2OC[C@H](O)[C@H](O)[C@H]2O)[C@H]1O[C@@H]1O[C@@H](C)[C@H](O)[C@@H](O)[C@H]1O)CC/C=C(\C)CO[C@@H]1O[C@H](CO)[C@@H](O)[C@H](O[C@@H]2OC[C@H](O)[C@H](O)[C@H]2O)[C@H]1O[C@@H]1O[C@@H](C)[C@H](O)[C@@H](O)[C@H]1O. The van der Waals surface area contributed by atoms with Crippen molar-refractivity contribution in [1.29, 1.82) is 0 Å². The monoisotopic (exact) mass is 1120 g/mol. The van der Waals surface area contributed by atoms with Crippen molar-refractivity contribution in [3.05, 3.63) is 34.9 Å². The molecular formula is C49H82O28. The van der Waals surface area contributed by atoms with E-state index in [1.807, 2.05) is 19.9 Å². The Kier molecular flexibility index (Phi) is 24.5. The van der Waals surface area contributed by atoms with Crippen LogP contribution in [0.1, 0.15) is 60.3 Å². The molecule has 6 heterocycles. The molecule has 0 aromatic carbocycles. The molecule has 0 bridgehead atoms. The lowest BCUT2D eigenvalue weighted by Gasteiger charge is -2.48. The molecule has 16 N–H and O–H groups in total. The number of aliphatic hydroxyl groups excluding tert-OH is 16. The molecule has 28 heteroatoms. The van der Waals surface area contributed by atoms with Gasteiger partial charge in [0.25, 0.3) is 0 Å². The van der Waals surface area contributed by atoms with E-state index >= 15 is 0 Å². The predicted molar refractivity (Wildman–Crippen MR) is 255 cm³/mol. The summed E-state index contributed by atoms with van der Waals surface area (Å²) in [4.78, 5) is 0. The molecule has 0 aromatic rings. The third-order valence-electron chi connectivity index (χ3n) is 14.5. The predicted octanol–water partition coefficient (Wildman–Crippen LogP) is -6.35. The van der Waals surface area contributed by atoms with E-state index < -0.39 is 198 Å². The molecule has 6 aliphatic heterocycles. The lowest BCUT2D eigenvalue weighted by molar-refractivity contribution is -0.385. The minimum Gasteiger partial charge on any atom is -0.394 e. The molecular weight excluding hydrogens is 1040 g/mol. The fourth-order valence-corrected chi connectivity index (χ4v) is 9.47. The quantitative estimate of drug-likeness (QED) is 0.0448. The van der Waals surface area contributed by atoms with Crippen LogP contribution in [0.25, 0.3) is 0 Å². The van der Waals surface area contributed by atoms with E-state index in [2.05, 4.69) is 6.08 Å². The summed E-state index contributed by atoms with van der Waals surface area (Å²) in [7, 11) is 0. The lowest BCUT2D eigenvalue weighted by atomic mass is 9.97. The Labute approximate surface area is 444 Å². The fourth-order valence-electron chi connectivity index (χ4n) is 9.47. The molecule has 0 spiro atoms. The Balaban J connectivity index is 1.05. The van der Waals surface area contributed by atoms with Crippen LogP contribution < -0.4 is 0 Å². The summed E-state index contributed by atoms with van der Waals surface area (Å²) in [6.45, 7) is 5.95.